The zero-order valence-corrected chi connectivity index (χ0v) is 6.96. The predicted octanol–water partition coefficient (Wildman–Crippen LogP) is -0.279. The van der Waals surface area contributed by atoms with Crippen molar-refractivity contribution in [3.63, 3.8) is 0 Å². The SMILES string of the molecule is NC(CO)c1cccc2nncn12. The van der Waals surface area contributed by atoms with Crippen LogP contribution >= 0.6 is 0 Å². The molecule has 1 unspecified atom stereocenters. The highest BCUT2D eigenvalue weighted by molar-refractivity contribution is 5.38. The Kier molecular flexibility index (Phi) is 1.96. The third-order valence-corrected chi connectivity index (χ3v) is 1.94. The van der Waals surface area contributed by atoms with E-state index in [2.05, 4.69) is 10.2 Å². The highest BCUT2D eigenvalue weighted by atomic mass is 16.3. The smallest absolute Gasteiger partial charge is 0.160 e. The first-order valence-corrected chi connectivity index (χ1v) is 3.98. The second-order valence-corrected chi connectivity index (χ2v) is 2.80. The summed E-state index contributed by atoms with van der Waals surface area (Å²) >= 11 is 0. The van der Waals surface area contributed by atoms with E-state index in [-0.39, 0.29) is 12.6 Å². The second-order valence-electron chi connectivity index (χ2n) is 2.80. The topological polar surface area (TPSA) is 76.4 Å². The van der Waals surface area contributed by atoms with E-state index in [0.29, 0.717) is 0 Å². The number of nitrogens with zero attached hydrogens (tertiary/aromatic N) is 3. The first kappa shape index (κ1) is 8.15. The van der Waals surface area contributed by atoms with Crippen LogP contribution in [-0.2, 0) is 0 Å². The van der Waals surface area contributed by atoms with Crippen LogP contribution in [0.4, 0.5) is 0 Å². The summed E-state index contributed by atoms with van der Waals surface area (Å²) in [6.07, 6.45) is 1.58. The molecule has 0 radical (unpaired) electrons. The first-order chi connectivity index (χ1) is 6.33. The van der Waals surface area contributed by atoms with Crippen molar-refractivity contribution in [1.29, 1.82) is 0 Å². The molecule has 2 aromatic heterocycles. The van der Waals surface area contributed by atoms with Gasteiger partial charge in [0.1, 0.15) is 6.33 Å². The largest absolute Gasteiger partial charge is 0.394 e. The van der Waals surface area contributed by atoms with Gasteiger partial charge in [-0.25, -0.2) is 0 Å². The molecule has 0 fully saturated rings. The van der Waals surface area contributed by atoms with E-state index in [9.17, 15) is 0 Å². The van der Waals surface area contributed by atoms with Crippen molar-refractivity contribution in [3.05, 3.63) is 30.2 Å². The van der Waals surface area contributed by atoms with E-state index in [1.807, 2.05) is 18.2 Å². The molecule has 0 aromatic carbocycles. The summed E-state index contributed by atoms with van der Waals surface area (Å²) in [6.45, 7) is -0.0860. The van der Waals surface area contributed by atoms with Crippen LogP contribution in [0.3, 0.4) is 0 Å². The maximum absolute atomic E-state index is 8.91. The van der Waals surface area contributed by atoms with E-state index in [0.717, 1.165) is 11.3 Å². The molecule has 0 aliphatic carbocycles. The minimum atomic E-state index is -0.389. The summed E-state index contributed by atoms with van der Waals surface area (Å²) in [5, 5.41) is 16.5. The molecular formula is C8H10N4O. The van der Waals surface area contributed by atoms with Gasteiger partial charge >= 0.3 is 0 Å². The highest BCUT2D eigenvalue weighted by Crippen LogP contribution is 2.10. The van der Waals surface area contributed by atoms with Crippen molar-refractivity contribution in [2.75, 3.05) is 6.61 Å². The molecular weight excluding hydrogens is 168 g/mol. The van der Waals surface area contributed by atoms with Crippen molar-refractivity contribution in [3.8, 4) is 0 Å². The van der Waals surface area contributed by atoms with Gasteiger partial charge in [0.15, 0.2) is 5.65 Å². The predicted molar refractivity (Wildman–Crippen MR) is 47.0 cm³/mol. The van der Waals surface area contributed by atoms with Gasteiger partial charge in [0.2, 0.25) is 0 Å². The molecule has 2 heterocycles. The van der Waals surface area contributed by atoms with Crippen LogP contribution in [0.1, 0.15) is 11.7 Å². The van der Waals surface area contributed by atoms with Gasteiger partial charge in [-0.15, -0.1) is 10.2 Å². The lowest BCUT2D eigenvalue weighted by Crippen LogP contribution is -2.17. The van der Waals surface area contributed by atoms with Crippen molar-refractivity contribution < 1.29 is 5.11 Å². The molecule has 68 valence electrons. The van der Waals surface area contributed by atoms with Gasteiger partial charge in [0.05, 0.1) is 12.6 Å². The normalized spacial score (nSPS) is 13.4. The van der Waals surface area contributed by atoms with Gasteiger partial charge in [0.25, 0.3) is 0 Å². The average molecular weight is 178 g/mol. The fourth-order valence-electron chi connectivity index (χ4n) is 1.27. The zero-order chi connectivity index (χ0) is 9.26. The Morgan fingerprint density at radius 3 is 3.15 bits per heavy atom. The maximum atomic E-state index is 8.91. The summed E-state index contributed by atoms with van der Waals surface area (Å²) in [5.41, 5.74) is 7.24. The molecule has 0 saturated carbocycles. The summed E-state index contributed by atoms with van der Waals surface area (Å²) in [6, 6.07) is 5.13. The molecule has 0 amide bonds. The minimum Gasteiger partial charge on any atom is -0.394 e. The van der Waals surface area contributed by atoms with Crippen molar-refractivity contribution in [2.24, 2.45) is 5.73 Å². The number of pyridine rings is 1. The summed E-state index contributed by atoms with van der Waals surface area (Å²) in [7, 11) is 0. The average Bonchev–Trinajstić information content (AvgIpc) is 2.63. The molecule has 13 heavy (non-hydrogen) atoms. The van der Waals surface area contributed by atoms with Gasteiger partial charge in [-0.1, -0.05) is 6.07 Å². The van der Waals surface area contributed by atoms with Crippen LogP contribution in [0.5, 0.6) is 0 Å². The van der Waals surface area contributed by atoms with Crippen LogP contribution in [0.2, 0.25) is 0 Å². The number of aliphatic hydroxyl groups is 1. The highest BCUT2D eigenvalue weighted by Gasteiger charge is 2.08. The van der Waals surface area contributed by atoms with E-state index in [1.54, 1.807) is 10.7 Å². The van der Waals surface area contributed by atoms with Crippen LogP contribution in [-0.4, -0.2) is 26.3 Å². The number of rotatable bonds is 2. The van der Waals surface area contributed by atoms with Gasteiger partial charge in [-0.2, -0.15) is 0 Å². The standard InChI is InChI=1S/C8H10N4O/c9-6(4-13)7-2-1-3-8-11-10-5-12(7)8/h1-3,5-6,13H,4,9H2. The molecule has 5 nitrogen and oxygen atoms in total. The van der Waals surface area contributed by atoms with Crippen molar-refractivity contribution >= 4 is 5.65 Å². The second kappa shape index (κ2) is 3.12. The molecule has 5 heteroatoms. The molecule has 3 N–H and O–H groups in total. The Hall–Kier alpha value is -1.46. The van der Waals surface area contributed by atoms with E-state index in [1.165, 1.54) is 0 Å². The van der Waals surface area contributed by atoms with Crippen LogP contribution in [0.15, 0.2) is 24.5 Å². The van der Waals surface area contributed by atoms with Crippen LogP contribution in [0, 0.1) is 0 Å². The first-order valence-electron chi connectivity index (χ1n) is 3.98. The molecule has 0 aliphatic rings. The van der Waals surface area contributed by atoms with E-state index in [4.69, 9.17) is 10.8 Å². The quantitative estimate of drug-likeness (QED) is 0.663. The third-order valence-electron chi connectivity index (χ3n) is 1.94. The Labute approximate surface area is 74.8 Å². The molecule has 2 aromatic rings. The number of aromatic nitrogens is 3. The lowest BCUT2D eigenvalue weighted by Gasteiger charge is -2.09. The number of nitrogens with two attached hydrogens (primary N) is 1. The van der Waals surface area contributed by atoms with E-state index >= 15 is 0 Å². The Bertz CT molecular complexity index is 411. The fraction of sp³-hybridized carbons (Fsp3) is 0.250. The van der Waals surface area contributed by atoms with Gasteiger partial charge in [-0.05, 0) is 12.1 Å². The van der Waals surface area contributed by atoms with Crippen molar-refractivity contribution in [1.82, 2.24) is 14.6 Å². The monoisotopic (exact) mass is 178 g/mol. The molecule has 0 saturated heterocycles. The number of aliphatic hydroxyl groups excluding tert-OH is 1. The lowest BCUT2D eigenvalue weighted by atomic mass is 10.2. The maximum Gasteiger partial charge on any atom is 0.160 e. The summed E-state index contributed by atoms with van der Waals surface area (Å²) in [4.78, 5) is 0. The van der Waals surface area contributed by atoms with Crippen LogP contribution in [0.25, 0.3) is 5.65 Å². The fourth-order valence-corrected chi connectivity index (χ4v) is 1.27. The Morgan fingerprint density at radius 1 is 1.54 bits per heavy atom. The lowest BCUT2D eigenvalue weighted by molar-refractivity contribution is 0.265. The van der Waals surface area contributed by atoms with Gasteiger partial charge in [0, 0.05) is 5.69 Å². The summed E-state index contributed by atoms with van der Waals surface area (Å²) < 4.78 is 1.76. The van der Waals surface area contributed by atoms with Gasteiger partial charge < -0.3 is 10.8 Å². The van der Waals surface area contributed by atoms with Gasteiger partial charge in [-0.3, -0.25) is 4.40 Å². The zero-order valence-electron chi connectivity index (χ0n) is 6.96. The van der Waals surface area contributed by atoms with Crippen LogP contribution < -0.4 is 5.73 Å². The molecule has 0 spiro atoms. The van der Waals surface area contributed by atoms with Crippen molar-refractivity contribution in [2.45, 2.75) is 6.04 Å². The molecule has 0 bridgehead atoms. The molecule has 1 atom stereocenters. The number of fused-ring (bicyclic) bond motifs is 1. The minimum absolute atomic E-state index is 0.0860. The Balaban J connectivity index is 2.60. The molecule has 0 aliphatic heterocycles. The number of hydrogen-bond acceptors (Lipinski definition) is 4. The Morgan fingerprint density at radius 2 is 2.38 bits per heavy atom. The molecule has 2 rings (SSSR count). The number of hydrogen-bond donors (Lipinski definition) is 2. The van der Waals surface area contributed by atoms with E-state index < -0.39 is 0 Å². The third kappa shape index (κ3) is 1.28. The summed E-state index contributed by atoms with van der Waals surface area (Å²) in [5.74, 6) is 0.